The minimum Gasteiger partial charge on any atom is -0.497 e. The highest BCUT2D eigenvalue weighted by atomic mass is 32.2. The number of nitrogens with one attached hydrogen (secondary N) is 1. The molecule has 0 bridgehead atoms. The van der Waals surface area contributed by atoms with Gasteiger partial charge in [-0.25, -0.2) is 19.0 Å². The van der Waals surface area contributed by atoms with Crippen molar-refractivity contribution in [2.24, 2.45) is 10.2 Å². The molecule has 0 spiro atoms. The molecule has 3 rings (SSSR count). The number of rotatable bonds is 8. The summed E-state index contributed by atoms with van der Waals surface area (Å²) < 4.78 is 30.0. The average molecular weight is 473 g/mol. The lowest BCUT2D eigenvalue weighted by molar-refractivity contribution is -0.118. The van der Waals surface area contributed by atoms with Gasteiger partial charge in [0.05, 0.1) is 24.0 Å². The zero-order valence-corrected chi connectivity index (χ0v) is 19.5. The molecule has 0 aliphatic carbocycles. The lowest BCUT2D eigenvalue weighted by atomic mass is 10.2. The number of ether oxygens (including phenoxy) is 1. The van der Waals surface area contributed by atoms with Gasteiger partial charge in [-0.05, 0) is 68.4 Å². The Bertz CT molecular complexity index is 1230. The van der Waals surface area contributed by atoms with Gasteiger partial charge in [0.15, 0.2) is 0 Å². The van der Waals surface area contributed by atoms with Gasteiger partial charge in [0.2, 0.25) is 15.9 Å². The van der Waals surface area contributed by atoms with Crippen LogP contribution in [-0.4, -0.2) is 38.0 Å². The summed E-state index contributed by atoms with van der Waals surface area (Å²) >= 11 is 1.41. The Kier molecular flexibility index (Phi) is 7.39. The molecule has 0 aliphatic heterocycles. The van der Waals surface area contributed by atoms with Gasteiger partial charge in [-0.1, -0.05) is 0 Å². The van der Waals surface area contributed by atoms with E-state index in [0.29, 0.717) is 0 Å². The van der Waals surface area contributed by atoms with E-state index in [1.54, 1.807) is 25.5 Å². The minimum atomic E-state index is -3.74. The van der Waals surface area contributed by atoms with Crippen LogP contribution < -0.4 is 15.3 Å². The normalized spacial score (nSPS) is 11.6. The van der Waals surface area contributed by atoms with Crippen molar-refractivity contribution in [1.29, 1.82) is 0 Å². The average Bonchev–Trinajstić information content (AvgIpc) is 3.05. The topological polar surface area (TPSA) is 116 Å². The number of methoxy groups -OCH3 is 1. The maximum Gasteiger partial charge on any atom is 0.250 e. The van der Waals surface area contributed by atoms with Crippen molar-refractivity contribution in [2.75, 3.05) is 12.9 Å². The molecule has 10 heteroatoms. The number of amides is 1. The number of nitrogens with zero attached hydrogens (tertiary/aromatic N) is 2. The predicted octanol–water partition coefficient (Wildman–Crippen LogP) is 2.99. The lowest BCUT2D eigenvalue weighted by Gasteiger charge is -2.10. The van der Waals surface area contributed by atoms with Crippen LogP contribution in [0.4, 0.5) is 0 Å². The Labute approximate surface area is 191 Å². The SMILES string of the molecule is COc1ccc(SCC(=O)N/N=C/c2cc(C)n(-c3ccc(S(N)(=O)=O)cc3)c2C)cc1. The molecule has 1 heterocycles. The monoisotopic (exact) mass is 472 g/mol. The van der Waals surface area contributed by atoms with Crippen LogP contribution >= 0.6 is 11.8 Å². The largest absolute Gasteiger partial charge is 0.497 e. The third-order valence-corrected chi connectivity index (χ3v) is 6.66. The summed E-state index contributed by atoms with van der Waals surface area (Å²) in [7, 11) is -2.13. The first-order valence-electron chi connectivity index (χ1n) is 9.60. The van der Waals surface area contributed by atoms with Crippen LogP contribution in [0.1, 0.15) is 17.0 Å². The second-order valence-corrected chi connectivity index (χ2v) is 9.57. The number of primary sulfonamides is 1. The molecule has 1 amide bonds. The van der Waals surface area contributed by atoms with Gasteiger partial charge < -0.3 is 9.30 Å². The Morgan fingerprint density at radius 2 is 1.81 bits per heavy atom. The molecule has 0 atom stereocenters. The molecule has 0 unspecified atom stereocenters. The number of aromatic nitrogens is 1. The number of aryl methyl sites for hydroxylation is 1. The second-order valence-electron chi connectivity index (χ2n) is 6.96. The number of carbonyl (C=O) groups is 1. The fourth-order valence-electron chi connectivity index (χ4n) is 3.13. The Morgan fingerprint density at radius 1 is 1.16 bits per heavy atom. The summed E-state index contributed by atoms with van der Waals surface area (Å²) in [5, 5.41) is 9.23. The van der Waals surface area contributed by atoms with E-state index >= 15 is 0 Å². The molecular formula is C22H24N4O4S2. The quantitative estimate of drug-likeness (QED) is 0.297. The molecule has 2 aromatic carbocycles. The summed E-state index contributed by atoms with van der Waals surface area (Å²) in [5.41, 5.74) is 6.01. The number of sulfonamides is 1. The van der Waals surface area contributed by atoms with Gasteiger partial charge in [0.25, 0.3) is 0 Å². The summed E-state index contributed by atoms with van der Waals surface area (Å²) in [5.74, 6) is 0.787. The van der Waals surface area contributed by atoms with Crippen molar-refractivity contribution < 1.29 is 17.9 Å². The fourth-order valence-corrected chi connectivity index (χ4v) is 4.33. The van der Waals surface area contributed by atoms with Gasteiger partial charge in [0, 0.05) is 27.5 Å². The number of hydrogen-bond acceptors (Lipinski definition) is 6. The zero-order chi connectivity index (χ0) is 23.3. The first-order chi connectivity index (χ1) is 15.2. The minimum absolute atomic E-state index is 0.0562. The number of thioether (sulfide) groups is 1. The Balaban J connectivity index is 1.63. The molecule has 0 radical (unpaired) electrons. The standard InChI is InChI=1S/C22H24N4O4S2/c1-15-12-17(16(2)26(15)18-4-10-21(11-5-18)32(23,28)29)13-24-25-22(27)14-31-20-8-6-19(30-3)7-9-20/h4-13H,14H2,1-3H3,(H,25,27)(H2,23,28,29)/b24-13+. The molecule has 3 aromatic rings. The van der Waals surface area contributed by atoms with E-state index < -0.39 is 10.0 Å². The smallest absolute Gasteiger partial charge is 0.250 e. The van der Waals surface area contributed by atoms with Crippen molar-refractivity contribution in [3.05, 3.63) is 71.5 Å². The molecule has 168 valence electrons. The van der Waals surface area contributed by atoms with Crippen molar-refractivity contribution >= 4 is 33.9 Å². The van der Waals surface area contributed by atoms with E-state index in [2.05, 4.69) is 10.5 Å². The maximum atomic E-state index is 12.1. The molecule has 0 saturated heterocycles. The molecule has 32 heavy (non-hydrogen) atoms. The summed E-state index contributed by atoms with van der Waals surface area (Å²) in [6.45, 7) is 3.85. The number of carbonyl (C=O) groups excluding carboxylic acids is 1. The van der Waals surface area contributed by atoms with E-state index in [1.807, 2.05) is 48.7 Å². The molecule has 1 aromatic heterocycles. The van der Waals surface area contributed by atoms with Crippen LogP contribution in [0.2, 0.25) is 0 Å². The lowest BCUT2D eigenvalue weighted by Crippen LogP contribution is -2.19. The third-order valence-electron chi connectivity index (χ3n) is 4.72. The van der Waals surface area contributed by atoms with Crippen LogP contribution in [0.5, 0.6) is 5.75 Å². The molecule has 0 aliphatic rings. The number of nitrogens with two attached hydrogens (primary N) is 1. The van der Waals surface area contributed by atoms with Crippen molar-refractivity contribution in [3.8, 4) is 11.4 Å². The Morgan fingerprint density at radius 3 is 2.41 bits per heavy atom. The van der Waals surface area contributed by atoms with Crippen LogP contribution in [0, 0.1) is 13.8 Å². The maximum absolute atomic E-state index is 12.1. The zero-order valence-electron chi connectivity index (χ0n) is 17.9. The third kappa shape index (κ3) is 5.78. The Hall–Kier alpha value is -3.08. The van der Waals surface area contributed by atoms with Gasteiger partial charge in [-0.3, -0.25) is 4.79 Å². The van der Waals surface area contributed by atoms with Crippen LogP contribution in [-0.2, 0) is 14.8 Å². The molecule has 0 fully saturated rings. The summed E-state index contributed by atoms with van der Waals surface area (Å²) in [4.78, 5) is 13.1. The van der Waals surface area contributed by atoms with E-state index in [4.69, 9.17) is 9.88 Å². The highest BCUT2D eigenvalue weighted by Gasteiger charge is 2.12. The second kappa shape index (κ2) is 10.0. The number of hydrogen-bond donors (Lipinski definition) is 2. The van der Waals surface area contributed by atoms with Gasteiger partial charge in [-0.2, -0.15) is 5.10 Å². The molecule has 3 N–H and O–H groups in total. The van der Waals surface area contributed by atoms with E-state index in [-0.39, 0.29) is 16.6 Å². The molecule has 8 nitrogen and oxygen atoms in total. The van der Waals surface area contributed by atoms with Crippen molar-refractivity contribution in [2.45, 2.75) is 23.6 Å². The van der Waals surface area contributed by atoms with E-state index in [9.17, 15) is 13.2 Å². The predicted molar refractivity (Wildman–Crippen MR) is 126 cm³/mol. The van der Waals surface area contributed by atoms with Crippen LogP contribution in [0.3, 0.4) is 0 Å². The molecular weight excluding hydrogens is 448 g/mol. The number of benzene rings is 2. The fraction of sp³-hybridized carbons (Fsp3) is 0.182. The first-order valence-corrected chi connectivity index (χ1v) is 12.1. The van der Waals surface area contributed by atoms with Crippen molar-refractivity contribution in [3.63, 3.8) is 0 Å². The van der Waals surface area contributed by atoms with Gasteiger partial charge in [0.1, 0.15) is 5.75 Å². The number of hydrazone groups is 1. The highest BCUT2D eigenvalue weighted by molar-refractivity contribution is 8.00. The van der Waals surface area contributed by atoms with Crippen LogP contribution in [0.25, 0.3) is 5.69 Å². The van der Waals surface area contributed by atoms with Gasteiger partial charge in [-0.15, -0.1) is 11.8 Å². The summed E-state index contributed by atoms with van der Waals surface area (Å²) in [6.07, 6.45) is 1.59. The highest BCUT2D eigenvalue weighted by Crippen LogP contribution is 2.22. The summed E-state index contributed by atoms with van der Waals surface area (Å²) in [6, 6.07) is 15.7. The van der Waals surface area contributed by atoms with Gasteiger partial charge >= 0.3 is 0 Å². The van der Waals surface area contributed by atoms with Crippen molar-refractivity contribution in [1.82, 2.24) is 9.99 Å². The van der Waals surface area contributed by atoms with Crippen LogP contribution in [0.15, 0.2) is 69.5 Å². The first kappa shape index (κ1) is 23.6. The van der Waals surface area contributed by atoms with E-state index in [0.717, 1.165) is 33.3 Å². The van der Waals surface area contributed by atoms with E-state index in [1.165, 1.54) is 23.9 Å². The molecule has 0 saturated carbocycles.